The number of hydrogen-bond acceptors (Lipinski definition) is 7. The third kappa shape index (κ3) is 4.36. The van der Waals surface area contributed by atoms with Gasteiger partial charge in [0.1, 0.15) is 0 Å². The van der Waals surface area contributed by atoms with E-state index in [4.69, 9.17) is 4.74 Å². The molecule has 0 atom stereocenters. The lowest BCUT2D eigenvalue weighted by molar-refractivity contribution is -0.384. The van der Waals surface area contributed by atoms with Crippen molar-refractivity contribution >= 4 is 23.3 Å². The van der Waals surface area contributed by atoms with Gasteiger partial charge in [-0.2, -0.15) is 9.90 Å². The third-order valence-corrected chi connectivity index (χ3v) is 3.64. The Balaban J connectivity index is 1.61. The molecule has 3 aromatic rings. The van der Waals surface area contributed by atoms with Crippen molar-refractivity contribution in [2.75, 3.05) is 11.9 Å². The average Bonchev–Trinajstić information content (AvgIpc) is 3.09. The molecule has 1 amide bonds. The summed E-state index contributed by atoms with van der Waals surface area (Å²) in [5.74, 6) is -1.43. The molecular formula is C18H15N5O5. The molecule has 2 aromatic carbocycles. The van der Waals surface area contributed by atoms with Gasteiger partial charge in [0, 0.05) is 17.8 Å². The number of nitro groups is 1. The molecule has 142 valence electrons. The van der Waals surface area contributed by atoms with Gasteiger partial charge < -0.3 is 10.1 Å². The second-order valence-electron chi connectivity index (χ2n) is 5.69. The van der Waals surface area contributed by atoms with Gasteiger partial charge in [-0.25, -0.2) is 4.79 Å². The number of carbonyl (C=O) groups is 2. The van der Waals surface area contributed by atoms with Crippen LogP contribution in [0, 0.1) is 17.0 Å². The second kappa shape index (κ2) is 8.08. The van der Waals surface area contributed by atoms with Crippen LogP contribution in [0.25, 0.3) is 5.69 Å². The molecule has 0 saturated carbocycles. The number of non-ortho nitro benzene ring substituents is 1. The number of nitro benzene ring substituents is 1. The molecule has 1 aromatic heterocycles. The van der Waals surface area contributed by atoms with Gasteiger partial charge in [0.15, 0.2) is 12.3 Å². The fourth-order valence-electron chi connectivity index (χ4n) is 2.34. The van der Waals surface area contributed by atoms with Gasteiger partial charge in [0.2, 0.25) is 0 Å². The first kappa shape index (κ1) is 18.7. The van der Waals surface area contributed by atoms with E-state index in [0.717, 1.165) is 0 Å². The highest BCUT2D eigenvalue weighted by Gasteiger charge is 2.19. The topological polar surface area (TPSA) is 129 Å². The van der Waals surface area contributed by atoms with Crippen molar-refractivity contribution in [3.8, 4) is 5.69 Å². The molecule has 0 radical (unpaired) electrons. The number of nitrogens with one attached hydrogen (secondary N) is 1. The predicted octanol–water partition coefficient (Wildman–Crippen LogP) is 2.28. The minimum absolute atomic E-state index is 0.00741. The summed E-state index contributed by atoms with van der Waals surface area (Å²) in [6.07, 6.45) is 0. The predicted molar refractivity (Wildman–Crippen MR) is 98.1 cm³/mol. The summed E-state index contributed by atoms with van der Waals surface area (Å²) < 4.78 is 4.97. The first-order chi connectivity index (χ1) is 13.4. The number of rotatable bonds is 6. The molecule has 1 N–H and O–H groups in total. The van der Waals surface area contributed by atoms with Crippen molar-refractivity contribution in [1.29, 1.82) is 0 Å². The minimum atomic E-state index is -0.797. The molecule has 0 aliphatic heterocycles. The van der Waals surface area contributed by atoms with Crippen molar-refractivity contribution in [1.82, 2.24) is 15.0 Å². The summed E-state index contributed by atoms with van der Waals surface area (Å²) in [5, 5.41) is 21.4. The van der Waals surface area contributed by atoms with E-state index < -0.39 is 23.4 Å². The minimum Gasteiger partial charge on any atom is -0.451 e. The van der Waals surface area contributed by atoms with Crippen molar-refractivity contribution in [2.24, 2.45) is 0 Å². The Morgan fingerprint density at radius 3 is 2.61 bits per heavy atom. The van der Waals surface area contributed by atoms with Gasteiger partial charge in [0.25, 0.3) is 11.6 Å². The summed E-state index contributed by atoms with van der Waals surface area (Å²) in [7, 11) is 0. The lowest BCUT2D eigenvalue weighted by atomic mass is 10.3. The van der Waals surface area contributed by atoms with Crippen molar-refractivity contribution in [3.63, 3.8) is 0 Å². The first-order valence-electron chi connectivity index (χ1n) is 8.15. The largest absolute Gasteiger partial charge is 0.451 e. The van der Waals surface area contributed by atoms with Crippen molar-refractivity contribution in [3.05, 3.63) is 76.1 Å². The van der Waals surface area contributed by atoms with Gasteiger partial charge in [0.05, 0.1) is 16.3 Å². The number of hydrogen-bond donors (Lipinski definition) is 1. The maximum absolute atomic E-state index is 12.2. The molecule has 0 fully saturated rings. The zero-order chi connectivity index (χ0) is 20.1. The van der Waals surface area contributed by atoms with Crippen LogP contribution in [0.5, 0.6) is 0 Å². The van der Waals surface area contributed by atoms with Crippen LogP contribution in [-0.2, 0) is 9.53 Å². The Hall–Kier alpha value is -4.08. The standard InChI is InChI=1S/C18H15N5O5/c1-12-17(21-22(20-12)14-7-3-2-4-8-14)18(25)28-11-16(24)19-13-6-5-9-15(10-13)23(26)27/h2-10H,11H2,1H3,(H,19,24). The maximum Gasteiger partial charge on any atom is 0.361 e. The Bertz CT molecular complexity index is 1030. The number of para-hydroxylation sites is 1. The van der Waals surface area contributed by atoms with Gasteiger partial charge >= 0.3 is 5.97 Å². The average molecular weight is 381 g/mol. The lowest BCUT2D eigenvalue weighted by Crippen LogP contribution is -2.21. The van der Waals surface area contributed by atoms with Crippen LogP contribution in [-0.4, -0.2) is 38.4 Å². The number of ether oxygens (including phenoxy) is 1. The molecule has 0 saturated heterocycles. The molecule has 0 aliphatic rings. The van der Waals surface area contributed by atoms with Crippen molar-refractivity contribution in [2.45, 2.75) is 6.92 Å². The summed E-state index contributed by atoms with van der Waals surface area (Å²) in [5.41, 5.74) is 1.08. The molecule has 0 spiro atoms. The lowest BCUT2D eigenvalue weighted by Gasteiger charge is -2.05. The molecule has 10 nitrogen and oxygen atoms in total. The first-order valence-corrected chi connectivity index (χ1v) is 8.15. The fraction of sp³-hybridized carbons (Fsp3) is 0.111. The number of aromatic nitrogens is 3. The highest BCUT2D eigenvalue weighted by molar-refractivity contribution is 5.95. The smallest absolute Gasteiger partial charge is 0.361 e. The van der Waals surface area contributed by atoms with Gasteiger partial charge in [-0.3, -0.25) is 14.9 Å². The van der Waals surface area contributed by atoms with Gasteiger partial charge in [-0.1, -0.05) is 24.3 Å². The van der Waals surface area contributed by atoms with Crippen LogP contribution >= 0.6 is 0 Å². The fourth-order valence-corrected chi connectivity index (χ4v) is 2.34. The van der Waals surface area contributed by atoms with Crippen LogP contribution in [0.3, 0.4) is 0 Å². The van der Waals surface area contributed by atoms with E-state index >= 15 is 0 Å². The number of anilines is 1. The molecule has 10 heteroatoms. The molecule has 1 heterocycles. The van der Waals surface area contributed by atoms with Crippen molar-refractivity contribution < 1.29 is 19.2 Å². The molecular weight excluding hydrogens is 366 g/mol. The normalized spacial score (nSPS) is 10.3. The number of benzene rings is 2. The van der Waals surface area contributed by atoms with E-state index in [9.17, 15) is 19.7 Å². The van der Waals surface area contributed by atoms with E-state index in [0.29, 0.717) is 11.4 Å². The highest BCUT2D eigenvalue weighted by Crippen LogP contribution is 2.17. The summed E-state index contributed by atoms with van der Waals surface area (Å²) in [6, 6.07) is 14.4. The zero-order valence-corrected chi connectivity index (χ0v) is 14.7. The van der Waals surface area contributed by atoms with Crippen LogP contribution < -0.4 is 5.32 Å². The SMILES string of the molecule is Cc1nn(-c2ccccc2)nc1C(=O)OCC(=O)Nc1cccc([N+](=O)[O-])c1. The molecule has 0 bridgehead atoms. The van der Waals surface area contributed by atoms with E-state index in [1.54, 1.807) is 19.1 Å². The summed E-state index contributed by atoms with van der Waals surface area (Å²) in [4.78, 5) is 35.6. The van der Waals surface area contributed by atoms with E-state index in [1.807, 2.05) is 18.2 Å². The number of amides is 1. The monoisotopic (exact) mass is 381 g/mol. The Morgan fingerprint density at radius 1 is 1.14 bits per heavy atom. The van der Waals surface area contributed by atoms with E-state index in [2.05, 4.69) is 15.5 Å². The van der Waals surface area contributed by atoms with Gasteiger partial charge in [-0.15, -0.1) is 5.10 Å². The summed E-state index contributed by atoms with van der Waals surface area (Å²) in [6.45, 7) is 1.03. The maximum atomic E-state index is 12.2. The van der Waals surface area contributed by atoms with E-state index in [-0.39, 0.29) is 17.1 Å². The number of nitrogens with zero attached hydrogens (tertiary/aromatic N) is 4. The molecule has 3 rings (SSSR count). The van der Waals surface area contributed by atoms with Crippen LogP contribution in [0.15, 0.2) is 54.6 Å². The quantitative estimate of drug-likeness (QED) is 0.394. The molecule has 28 heavy (non-hydrogen) atoms. The summed E-state index contributed by atoms with van der Waals surface area (Å²) >= 11 is 0. The number of aryl methyl sites for hydroxylation is 1. The number of carbonyl (C=O) groups excluding carboxylic acids is 2. The Morgan fingerprint density at radius 2 is 1.89 bits per heavy atom. The second-order valence-corrected chi connectivity index (χ2v) is 5.69. The molecule has 0 aliphatic carbocycles. The Labute approximate surface area is 158 Å². The molecule has 0 unspecified atom stereocenters. The zero-order valence-electron chi connectivity index (χ0n) is 14.7. The van der Waals surface area contributed by atoms with Crippen LogP contribution in [0.1, 0.15) is 16.2 Å². The van der Waals surface area contributed by atoms with Gasteiger partial charge in [-0.05, 0) is 25.1 Å². The van der Waals surface area contributed by atoms with Crippen LogP contribution in [0.4, 0.5) is 11.4 Å². The Kier molecular flexibility index (Phi) is 5.40. The van der Waals surface area contributed by atoms with Crippen LogP contribution in [0.2, 0.25) is 0 Å². The van der Waals surface area contributed by atoms with E-state index in [1.165, 1.54) is 29.1 Å². The number of esters is 1. The highest BCUT2D eigenvalue weighted by atomic mass is 16.6. The third-order valence-electron chi connectivity index (χ3n) is 3.64.